The van der Waals surface area contributed by atoms with Crippen LogP contribution in [0.4, 0.5) is 5.69 Å². The van der Waals surface area contributed by atoms with Crippen LogP contribution in [0.15, 0.2) is 24.3 Å². The zero-order valence-corrected chi connectivity index (χ0v) is 11.8. The Labute approximate surface area is 119 Å². The van der Waals surface area contributed by atoms with E-state index in [2.05, 4.69) is 14.9 Å². The highest BCUT2D eigenvalue weighted by Gasteiger charge is 2.20. The molecule has 2 aromatic rings. The number of benzene rings is 1. The summed E-state index contributed by atoms with van der Waals surface area (Å²) in [5, 5.41) is 15.6. The molecule has 1 amide bonds. The van der Waals surface area contributed by atoms with E-state index in [0.29, 0.717) is 10.6 Å². The Hall–Kier alpha value is -2.28. The normalized spacial score (nSPS) is 10.6. The van der Waals surface area contributed by atoms with Crippen LogP contribution < -0.4 is 5.32 Å². The minimum Gasteiger partial charge on any atom is -0.478 e. The van der Waals surface area contributed by atoms with Crippen LogP contribution in [-0.2, 0) is 0 Å². The number of anilines is 1. The van der Waals surface area contributed by atoms with Crippen LogP contribution in [0.25, 0.3) is 0 Å². The van der Waals surface area contributed by atoms with E-state index in [-0.39, 0.29) is 17.2 Å². The van der Waals surface area contributed by atoms with Crippen LogP contribution in [0.3, 0.4) is 0 Å². The molecular formula is C13H13N3O3S. The number of hydrogen-bond donors (Lipinski definition) is 2. The van der Waals surface area contributed by atoms with Crippen LogP contribution >= 0.6 is 11.5 Å². The molecule has 0 spiro atoms. The first-order valence-electron chi connectivity index (χ1n) is 5.96. The number of carbonyl (C=O) groups is 2. The molecule has 104 valence electrons. The van der Waals surface area contributed by atoms with Crippen molar-refractivity contribution >= 4 is 29.1 Å². The standard InChI is InChI=1S/C13H13N3O3S/c1-7(2)10-11(20-16-15-10)12(17)14-9-6-4-3-5-8(9)13(18)19/h3-7H,1-2H3,(H,14,17)(H,18,19). The van der Waals surface area contributed by atoms with Crippen molar-refractivity contribution in [3.63, 3.8) is 0 Å². The fraction of sp³-hybridized carbons (Fsp3) is 0.231. The van der Waals surface area contributed by atoms with E-state index in [9.17, 15) is 9.59 Å². The lowest BCUT2D eigenvalue weighted by Gasteiger charge is -2.08. The SMILES string of the molecule is CC(C)c1nnsc1C(=O)Nc1ccccc1C(=O)O. The summed E-state index contributed by atoms with van der Waals surface area (Å²) in [6.45, 7) is 3.83. The second kappa shape index (κ2) is 5.79. The molecule has 6 nitrogen and oxygen atoms in total. The molecule has 2 rings (SSSR count). The zero-order chi connectivity index (χ0) is 14.7. The Balaban J connectivity index is 2.29. The summed E-state index contributed by atoms with van der Waals surface area (Å²) in [4.78, 5) is 23.7. The quantitative estimate of drug-likeness (QED) is 0.903. The molecule has 0 unspecified atom stereocenters. The van der Waals surface area contributed by atoms with Crippen molar-refractivity contribution in [2.45, 2.75) is 19.8 Å². The van der Waals surface area contributed by atoms with Crippen molar-refractivity contribution in [2.75, 3.05) is 5.32 Å². The average molecular weight is 291 g/mol. The summed E-state index contributed by atoms with van der Waals surface area (Å²) >= 11 is 0.999. The Morgan fingerprint density at radius 2 is 2.00 bits per heavy atom. The molecule has 0 aliphatic heterocycles. The molecule has 0 aliphatic carbocycles. The first kappa shape index (κ1) is 14.1. The highest BCUT2D eigenvalue weighted by molar-refractivity contribution is 7.08. The number of aromatic carboxylic acids is 1. The van der Waals surface area contributed by atoms with Crippen molar-refractivity contribution in [1.29, 1.82) is 0 Å². The molecule has 20 heavy (non-hydrogen) atoms. The van der Waals surface area contributed by atoms with Gasteiger partial charge in [0.15, 0.2) is 0 Å². The Morgan fingerprint density at radius 1 is 1.30 bits per heavy atom. The van der Waals surface area contributed by atoms with Crippen molar-refractivity contribution in [1.82, 2.24) is 9.59 Å². The van der Waals surface area contributed by atoms with E-state index in [1.165, 1.54) is 6.07 Å². The first-order valence-corrected chi connectivity index (χ1v) is 6.74. The van der Waals surface area contributed by atoms with Gasteiger partial charge in [-0.3, -0.25) is 4.79 Å². The Bertz CT molecular complexity index is 652. The molecule has 0 aliphatic rings. The molecule has 0 atom stereocenters. The van der Waals surface area contributed by atoms with E-state index in [1.807, 2.05) is 13.8 Å². The summed E-state index contributed by atoms with van der Waals surface area (Å²) < 4.78 is 3.78. The van der Waals surface area contributed by atoms with Gasteiger partial charge >= 0.3 is 5.97 Å². The first-order chi connectivity index (χ1) is 9.50. The summed E-state index contributed by atoms with van der Waals surface area (Å²) in [5.41, 5.74) is 0.915. The number of nitrogens with zero attached hydrogens (tertiary/aromatic N) is 2. The second-order valence-electron chi connectivity index (χ2n) is 4.45. The molecule has 0 bridgehead atoms. The van der Waals surface area contributed by atoms with Gasteiger partial charge in [0, 0.05) is 0 Å². The summed E-state index contributed by atoms with van der Waals surface area (Å²) in [6.07, 6.45) is 0. The van der Waals surface area contributed by atoms with Gasteiger partial charge in [-0.25, -0.2) is 4.79 Å². The number of carboxylic acid groups (broad SMARTS) is 1. The van der Waals surface area contributed by atoms with Crippen LogP contribution in [0.5, 0.6) is 0 Å². The van der Waals surface area contributed by atoms with Gasteiger partial charge < -0.3 is 10.4 Å². The van der Waals surface area contributed by atoms with Crippen molar-refractivity contribution in [2.24, 2.45) is 0 Å². The molecule has 0 saturated carbocycles. The van der Waals surface area contributed by atoms with Crippen LogP contribution in [0.2, 0.25) is 0 Å². The maximum atomic E-state index is 12.2. The van der Waals surface area contributed by atoms with E-state index in [1.54, 1.807) is 18.2 Å². The largest absolute Gasteiger partial charge is 0.478 e. The molecule has 1 aromatic heterocycles. The number of amides is 1. The van der Waals surface area contributed by atoms with Crippen LogP contribution in [0.1, 0.15) is 45.5 Å². The number of carboxylic acids is 1. The number of nitrogens with one attached hydrogen (secondary N) is 1. The topological polar surface area (TPSA) is 92.2 Å². The van der Waals surface area contributed by atoms with Gasteiger partial charge in [0.05, 0.1) is 16.9 Å². The van der Waals surface area contributed by atoms with Gasteiger partial charge in [-0.2, -0.15) is 0 Å². The minimum absolute atomic E-state index is 0.0458. The maximum Gasteiger partial charge on any atom is 0.337 e. The number of aromatic nitrogens is 2. The third-order valence-electron chi connectivity index (χ3n) is 2.67. The Kier molecular flexibility index (Phi) is 4.09. The van der Waals surface area contributed by atoms with Crippen LogP contribution in [-0.4, -0.2) is 26.6 Å². The van der Waals surface area contributed by atoms with Gasteiger partial charge in [0.25, 0.3) is 5.91 Å². The molecule has 1 heterocycles. The van der Waals surface area contributed by atoms with E-state index < -0.39 is 11.9 Å². The smallest absolute Gasteiger partial charge is 0.337 e. The highest BCUT2D eigenvalue weighted by atomic mass is 32.1. The van der Waals surface area contributed by atoms with Gasteiger partial charge in [-0.05, 0) is 29.6 Å². The van der Waals surface area contributed by atoms with Crippen molar-refractivity contribution in [3.8, 4) is 0 Å². The molecule has 0 radical (unpaired) electrons. The molecule has 0 fully saturated rings. The lowest BCUT2D eigenvalue weighted by Crippen LogP contribution is -2.15. The fourth-order valence-electron chi connectivity index (χ4n) is 1.69. The monoisotopic (exact) mass is 291 g/mol. The lowest BCUT2D eigenvalue weighted by atomic mass is 10.1. The second-order valence-corrected chi connectivity index (χ2v) is 5.20. The third-order valence-corrected chi connectivity index (χ3v) is 3.41. The molecular weight excluding hydrogens is 278 g/mol. The fourth-order valence-corrected chi connectivity index (χ4v) is 2.40. The predicted octanol–water partition coefficient (Wildman–Crippen LogP) is 2.61. The van der Waals surface area contributed by atoms with E-state index in [0.717, 1.165) is 11.5 Å². The van der Waals surface area contributed by atoms with E-state index in [4.69, 9.17) is 5.11 Å². The maximum absolute atomic E-state index is 12.2. The van der Waals surface area contributed by atoms with Gasteiger partial charge in [0.1, 0.15) is 4.88 Å². The summed E-state index contributed by atoms with van der Waals surface area (Å²) in [7, 11) is 0. The van der Waals surface area contributed by atoms with Crippen molar-refractivity contribution in [3.05, 3.63) is 40.4 Å². The molecule has 0 saturated heterocycles. The van der Waals surface area contributed by atoms with E-state index >= 15 is 0 Å². The molecule has 1 aromatic carbocycles. The number of para-hydroxylation sites is 1. The van der Waals surface area contributed by atoms with Gasteiger partial charge in [0.2, 0.25) is 0 Å². The zero-order valence-electron chi connectivity index (χ0n) is 11.0. The number of carbonyl (C=O) groups excluding carboxylic acids is 1. The molecule has 2 N–H and O–H groups in total. The van der Waals surface area contributed by atoms with Crippen molar-refractivity contribution < 1.29 is 14.7 Å². The van der Waals surface area contributed by atoms with Crippen LogP contribution in [0, 0.1) is 0 Å². The number of hydrogen-bond acceptors (Lipinski definition) is 5. The predicted molar refractivity (Wildman–Crippen MR) is 75.4 cm³/mol. The molecule has 7 heteroatoms. The number of rotatable bonds is 4. The Morgan fingerprint density at radius 3 is 2.65 bits per heavy atom. The van der Waals surface area contributed by atoms with Gasteiger partial charge in [-0.1, -0.05) is 30.5 Å². The van der Waals surface area contributed by atoms with Gasteiger partial charge in [-0.15, -0.1) is 5.10 Å². The summed E-state index contributed by atoms with van der Waals surface area (Å²) in [6, 6.07) is 6.25. The third kappa shape index (κ3) is 2.83. The highest BCUT2D eigenvalue weighted by Crippen LogP contribution is 2.22. The average Bonchev–Trinajstić information content (AvgIpc) is 2.88. The minimum atomic E-state index is -1.09. The summed E-state index contributed by atoms with van der Waals surface area (Å²) in [5.74, 6) is -1.41. The lowest BCUT2D eigenvalue weighted by molar-refractivity contribution is 0.0698.